The Kier molecular flexibility index (Phi) is 3.04. The molecule has 1 aliphatic rings. The van der Waals surface area contributed by atoms with E-state index in [4.69, 9.17) is 0 Å². The molecule has 2 heterocycles. The minimum absolute atomic E-state index is 0.0306. The predicted octanol–water partition coefficient (Wildman–Crippen LogP) is 4.08. The van der Waals surface area contributed by atoms with Crippen molar-refractivity contribution in [3.05, 3.63) is 62.6 Å². The summed E-state index contributed by atoms with van der Waals surface area (Å²) in [5.74, 6) is 0.808. The molecule has 2 aromatic heterocycles. The first kappa shape index (κ1) is 12.7. The Labute approximate surface area is 126 Å². The zero-order valence-corrected chi connectivity index (χ0v) is 12.4. The predicted molar refractivity (Wildman–Crippen MR) is 88.2 cm³/mol. The van der Waals surface area contributed by atoms with Crippen LogP contribution < -0.4 is 10.9 Å². The van der Waals surface area contributed by atoms with Crippen molar-refractivity contribution in [1.82, 2.24) is 4.98 Å². The lowest BCUT2D eigenvalue weighted by Crippen LogP contribution is -2.18. The Morgan fingerprint density at radius 2 is 2.14 bits per heavy atom. The number of hydrogen-bond acceptors (Lipinski definition) is 3. The highest BCUT2D eigenvalue weighted by molar-refractivity contribution is 7.10. The van der Waals surface area contributed by atoms with E-state index in [0.717, 1.165) is 23.0 Å². The highest BCUT2D eigenvalue weighted by Crippen LogP contribution is 2.35. The summed E-state index contributed by atoms with van der Waals surface area (Å²) in [6.45, 7) is 0. The van der Waals surface area contributed by atoms with E-state index in [1.54, 1.807) is 0 Å². The van der Waals surface area contributed by atoms with Gasteiger partial charge in [-0.25, -0.2) is 0 Å². The monoisotopic (exact) mass is 296 g/mol. The Morgan fingerprint density at radius 3 is 3.10 bits per heavy atom. The number of aryl methyl sites for hydroxylation is 1. The Hall–Kier alpha value is -2.07. The van der Waals surface area contributed by atoms with E-state index < -0.39 is 0 Å². The Bertz CT molecular complexity index is 849. The van der Waals surface area contributed by atoms with Gasteiger partial charge >= 0.3 is 0 Å². The van der Waals surface area contributed by atoms with Crippen LogP contribution in [-0.2, 0) is 6.42 Å². The van der Waals surface area contributed by atoms with Crippen molar-refractivity contribution >= 4 is 27.9 Å². The van der Waals surface area contributed by atoms with Gasteiger partial charge in [-0.1, -0.05) is 18.2 Å². The van der Waals surface area contributed by atoms with Crippen LogP contribution in [0.15, 0.2) is 46.6 Å². The molecule has 0 radical (unpaired) electrons. The summed E-state index contributed by atoms with van der Waals surface area (Å²) >= 11 is 1.83. The van der Waals surface area contributed by atoms with Crippen molar-refractivity contribution in [1.29, 1.82) is 0 Å². The minimum Gasteiger partial charge on any atom is -0.365 e. The van der Waals surface area contributed by atoms with Crippen LogP contribution in [0.2, 0.25) is 0 Å². The number of benzene rings is 1. The van der Waals surface area contributed by atoms with E-state index in [9.17, 15) is 4.79 Å². The zero-order valence-electron chi connectivity index (χ0n) is 11.6. The number of aromatic nitrogens is 1. The van der Waals surface area contributed by atoms with Crippen molar-refractivity contribution in [2.45, 2.75) is 25.3 Å². The molecular formula is C17H16N2OS. The van der Waals surface area contributed by atoms with Crippen LogP contribution in [0, 0.1) is 0 Å². The number of pyridine rings is 1. The first-order valence-electron chi connectivity index (χ1n) is 7.26. The average Bonchev–Trinajstić information content (AvgIpc) is 2.97. The summed E-state index contributed by atoms with van der Waals surface area (Å²) in [7, 11) is 0. The third-order valence-electron chi connectivity index (χ3n) is 4.14. The molecule has 0 aliphatic heterocycles. The maximum absolute atomic E-state index is 12.1. The molecule has 2 N–H and O–H groups in total. The fourth-order valence-electron chi connectivity index (χ4n) is 3.11. The van der Waals surface area contributed by atoms with Crippen molar-refractivity contribution in [2.75, 3.05) is 5.32 Å². The molecule has 0 bridgehead atoms. The van der Waals surface area contributed by atoms with Crippen LogP contribution in [0.1, 0.15) is 29.3 Å². The second-order valence-electron chi connectivity index (χ2n) is 5.49. The van der Waals surface area contributed by atoms with Crippen LogP contribution >= 0.6 is 11.3 Å². The molecule has 4 heteroatoms. The molecule has 0 fully saturated rings. The summed E-state index contributed by atoms with van der Waals surface area (Å²) in [5, 5.41) is 7.38. The van der Waals surface area contributed by atoms with Crippen LogP contribution in [0.4, 0.5) is 5.82 Å². The van der Waals surface area contributed by atoms with Gasteiger partial charge in [-0.15, -0.1) is 11.3 Å². The highest BCUT2D eigenvalue weighted by Gasteiger charge is 2.21. The van der Waals surface area contributed by atoms with Gasteiger partial charge in [0.15, 0.2) is 0 Å². The van der Waals surface area contributed by atoms with Gasteiger partial charge in [0.25, 0.3) is 5.56 Å². The molecule has 21 heavy (non-hydrogen) atoms. The van der Waals surface area contributed by atoms with Gasteiger partial charge in [-0.2, -0.15) is 0 Å². The zero-order chi connectivity index (χ0) is 14.2. The fourth-order valence-corrected chi connectivity index (χ4v) is 4.10. The smallest absolute Gasteiger partial charge is 0.257 e. The van der Waals surface area contributed by atoms with Gasteiger partial charge in [-0.05, 0) is 53.8 Å². The number of nitrogens with one attached hydrogen (secondary N) is 2. The number of thiophene rings is 1. The first-order valence-corrected chi connectivity index (χ1v) is 8.14. The first-order chi connectivity index (χ1) is 10.3. The van der Waals surface area contributed by atoms with Crippen molar-refractivity contribution in [3.63, 3.8) is 0 Å². The largest absolute Gasteiger partial charge is 0.365 e. The van der Waals surface area contributed by atoms with E-state index in [0.29, 0.717) is 6.04 Å². The molecule has 3 aromatic rings. The maximum Gasteiger partial charge on any atom is 0.257 e. The molecule has 1 aromatic carbocycles. The molecule has 1 atom stereocenters. The van der Waals surface area contributed by atoms with E-state index in [-0.39, 0.29) is 5.56 Å². The Morgan fingerprint density at radius 1 is 1.24 bits per heavy atom. The van der Waals surface area contributed by atoms with Crippen LogP contribution in [0.3, 0.4) is 0 Å². The second kappa shape index (κ2) is 5.04. The molecule has 4 rings (SSSR count). The Balaban J connectivity index is 1.71. The molecule has 0 saturated carbocycles. The van der Waals surface area contributed by atoms with Gasteiger partial charge in [0.2, 0.25) is 0 Å². The third-order valence-corrected chi connectivity index (χ3v) is 5.13. The van der Waals surface area contributed by atoms with Gasteiger partial charge in [0.1, 0.15) is 5.82 Å². The fraction of sp³-hybridized carbons (Fsp3) is 0.235. The van der Waals surface area contributed by atoms with Crippen LogP contribution in [-0.4, -0.2) is 4.98 Å². The standard InChI is InChI=1S/C17H16N2OS/c20-17-12-5-2-1-4-11(12)10-16(19-17)18-14-6-3-7-15-13(14)8-9-21-15/h1-2,4-5,8-10,14H,3,6-7H2,(H2,18,19,20). The van der Waals surface area contributed by atoms with E-state index >= 15 is 0 Å². The van der Waals surface area contributed by atoms with E-state index in [1.807, 2.05) is 41.7 Å². The SMILES string of the molecule is O=c1[nH]c(NC2CCCc3sccc32)cc2ccccc12. The number of rotatable bonds is 2. The number of H-pyrrole nitrogens is 1. The minimum atomic E-state index is -0.0306. The van der Waals surface area contributed by atoms with Crippen molar-refractivity contribution in [3.8, 4) is 0 Å². The molecule has 1 aliphatic carbocycles. The highest BCUT2D eigenvalue weighted by atomic mass is 32.1. The van der Waals surface area contributed by atoms with Crippen molar-refractivity contribution in [2.24, 2.45) is 0 Å². The van der Waals surface area contributed by atoms with Crippen molar-refractivity contribution < 1.29 is 0 Å². The van der Waals surface area contributed by atoms with Crippen LogP contribution in [0.5, 0.6) is 0 Å². The van der Waals surface area contributed by atoms with Gasteiger partial charge in [-0.3, -0.25) is 4.79 Å². The molecule has 0 saturated heterocycles. The topological polar surface area (TPSA) is 44.9 Å². The molecule has 106 valence electrons. The molecule has 0 amide bonds. The lowest BCUT2D eigenvalue weighted by molar-refractivity contribution is 0.607. The third kappa shape index (κ3) is 2.25. The molecule has 3 nitrogen and oxygen atoms in total. The summed E-state index contributed by atoms with van der Waals surface area (Å²) in [6, 6.07) is 12.2. The maximum atomic E-state index is 12.1. The van der Waals surface area contributed by atoms with Gasteiger partial charge in [0.05, 0.1) is 6.04 Å². The lowest BCUT2D eigenvalue weighted by atomic mass is 9.94. The summed E-state index contributed by atoms with van der Waals surface area (Å²) in [5.41, 5.74) is 1.36. The van der Waals surface area contributed by atoms with Gasteiger partial charge < -0.3 is 10.3 Å². The van der Waals surface area contributed by atoms with Crippen LogP contribution in [0.25, 0.3) is 10.8 Å². The normalized spacial score (nSPS) is 17.6. The lowest BCUT2D eigenvalue weighted by Gasteiger charge is -2.24. The molecule has 1 unspecified atom stereocenters. The van der Waals surface area contributed by atoms with E-state index in [1.165, 1.54) is 23.3 Å². The number of anilines is 1. The molecular weight excluding hydrogens is 280 g/mol. The summed E-state index contributed by atoms with van der Waals surface area (Å²) in [6.07, 6.45) is 3.49. The molecule has 0 spiro atoms. The number of fused-ring (bicyclic) bond motifs is 2. The average molecular weight is 296 g/mol. The van der Waals surface area contributed by atoms with E-state index in [2.05, 4.69) is 21.7 Å². The number of aromatic amines is 1. The summed E-state index contributed by atoms with van der Waals surface area (Å²) in [4.78, 5) is 16.6. The second-order valence-corrected chi connectivity index (χ2v) is 6.49. The quantitative estimate of drug-likeness (QED) is 0.748. The summed E-state index contributed by atoms with van der Waals surface area (Å²) < 4.78 is 0. The number of hydrogen-bond donors (Lipinski definition) is 2. The van der Waals surface area contributed by atoms with Gasteiger partial charge in [0, 0.05) is 10.3 Å².